The number of aliphatic hydroxyl groups excluding tert-OH is 2. The Balaban J connectivity index is 1.39. The molecule has 34 heavy (non-hydrogen) atoms. The second-order valence-electron chi connectivity index (χ2n) is 12.6. The number of hydrogen-bond donors (Lipinski definition) is 4. The summed E-state index contributed by atoms with van der Waals surface area (Å²) in [7, 11) is -4.06. The molecular weight excluding hydrogens is 454 g/mol. The molecule has 196 valence electrons. The van der Waals surface area contributed by atoms with Gasteiger partial charge in [0.15, 0.2) is 0 Å². The molecule has 0 spiro atoms. The van der Waals surface area contributed by atoms with Crippen LogP contribution in [0, 0.1) is 46.3 Å². The van der Waals surface area contributed by atoms with E-state index in [1.807, 2.05) is 0 Å². The smallest absolute Gasteiger partial charge is 0.266 e. The third kappa shape index (κ3) is 4.94. The average Bonchev–Trinajstić information content (AvgIpc) is 3.09. The van der Waals surface area contributed by atoms with E-state index < -0.39 is 15.9 Å². The van der Waals surface area contributed by atoms with Crippen molar-refractivity contribution in [1.29, 1.82) is 0 Å². The summed E-state index contributed by atoms with van der Waals surface area (Å²) in [6, 6.07) is 0. The summed E-state index contributed by atoms with van der Waals surface area (Å²) < 4.78 is 30.5. The molecule has 0 aromatic rings. The van der Waals surface area contributed by atoms with Crippen LogP contribution >= 0.6 is 0 Å². The second-order valence-corrected chi connectivity index (χ2v) is 14.2. The van der Waals surface area contributed by atoms with Gasteiger partial charge in [0.05, 0.1) is 18.0 Å². The minimum absolute atomic E-state index is 0.0625. The zero-order valence-electron chi connectivity index (χ0n) is 21.1. The fraction of sp³-hybridized carbons (Fsp3) is 0.962. The van der Waals surface area contributed by atoms with Crippen molar-refractivity contribution in [1.82, 2.24) is 5.32 Å². The number of amides is 1. The molecule has 0 aromatic heterocycles. The van der Waals surface area contributed by atoms with Crippen LogP contribution in [0.1, 0.15) is 85.0 Å². The Kier molecular flexibility index (Phi) is 7.47. The highest BCUT2D eigenvalue weighted by atomic mass is 32.2. The second kappa shape index (κ2) is 9.64. The SMILES string of the molecule is C[C@H](CCC(=O)NCCS(=O)(=O)O)[C@H]1CCC2C3C(CC[C@@]21C)[C@@]1(C)CC[C@@H](O)CC1C[C@@H]3O. The van der Waals surface area contributed by atoms with Crippen LogP contribution in [0.25, 0.3) is 0 Å². The molecular formula is C26H45NO6S. The van der Waals surface area contributed by atoms with E-state index in [1.54, 1.807) is 0 Å². The van der Waals surface area contributed by atoms with E-state index in [2.05, 4.69) is 26.1 Å². The molecule has 8 heteroatoms. The molecule has 0 saturated heterocycles. The molecule has 4 unspecified atom stereocenters. The monoisotopic (exact) mass is 499 g/mol. The first-order valence-corrected chi connectivity index (χ1v) is 15.0. The first-order valence-electron chi connectivity index (χ1n) is 13.4. The molecule has 4 N–H and O–H groups in total. The molecule has 0 bridgehead atoms. The van der Waals surface area contributed by atoms with Gasteiger partial charge in [-0.25, -0.2) is 0 Å². The van der Waals surface area contributed by atoms with Gasteiger partial charge in [-0.2, -0.15) is 8.42 Å². The topological polar surface area (TPSA) is 124 Å². The average molecular weight is 500 g/mol. The summed E-state index contributed by atoms with van der Waals surface area (Å²) in [6.07, 6.45) is 8.87. The Labute approximate surface area is 205 Å². The standard InChI is InChI=1S/C26H45NO6S/c1-16(4-7-23(30)27-12-13-34(31,32)33)19-5-6-20-24-21(9-11-26(19,20)3)25(2)10-8-18(28)14-17(25)15-22(24)29/h16-22,24,28-29H,4-15H2,1-3H3,(H,27,30)(H,31,32,33)/t16-,17?,18-,19-,20?,21?,22+,24?,25+,26-/m1/s1. The van der Waals surface area contributed by atoms with Crippen LogP contribution in [0.5, 0.6) is 0 Å². The predicted octanol–water partition coefficient (Wildman–Crippen LogP) is 3.40. The molecule has 7 nitrogen and oxygen atoms in total. The summed E-state index contributed by atoms with van der Waals surface area (Å²) in [4.78, 5) is 12.2. The number of carbonyl (C=O) groups excluding carboxylic acids is 1. The van der Waals surface area contributed by atoms with Gasteiger partial charge in [-0.1, -0.05) is 20.8 Å². The van der Waals surface area contributed by atoms with E-state index in [0.717, 1.165) is 51.4 Å². The van der Waals surface area contributed by atoms with Gasteiger partial charge in [0.2, 0.25) is 5.91 Å². The first kappa shape index (κ1) is 26.4. The highest BCUT2D eigenvalue weighted by molar-refractivity contribution is 7.85. The normalized spacial score (nSPS) is 45.1. The van der Waals surface area contributed by atoms with Gasteiger partial charge in [0.25, 0.3) is 10.1 Å². The van der Waals surface area contributed by atoms with E-state index in [-0.39, 0.29) is 35.5 Å². The van der Waals surface area contributed by atoms with Crippen LogP contribution in [0.15, 0.2) is 0 Å². The van der Waals surface area contributed by atoms with Gasteiger partial charge in [-0.05, 0) is 104 Å². The van der Waals surface area contributed by atoms with Crippen molar-refractivity contribution in [2.24, 2.45) is 46.3 Å². The predicted molar refractivity (Wildman–Crippen MR) is 130 cm³/mol. The molecule has 10 atom stereocenters. The zero-order chi connectivity index (χ0) is 24.9. The number of nitrogens with one attached hydrogen (secondary N) is 1. The maximum absolute atomic E-state index is 12.2. The van der Waals surface area contributed by atoms with Gasteiger partial charge in [-0.3, -0.25) is 9.35 Å². The molecule has 4 fully saturated rings. The lowest BCUT2D eigenvalue weighted by molar-refractivity contribution is -0.174. The van der Waals surface area contributed by atoms with Crippen LogP contribution in [0.2, 0.25) is 0 Å². The highest BCUT2D eigenvalue weighted by Crippen LogP contribution is 2.68. The van der Waals surface area contributed by atoms with E-state index in [1.165, 1.54) is 6.42 Å². The largest absolute Gasteiger partial charge is 0.393 e. The quantitative estimate of drug-likeness (QED) is 0.398. The van der Waals surface area contributed by atoms with Gasteiger partial charge >= 0.3 is 0 Å². The van der Waals surface area contributed by atoms with Gasteiger partial charge < -0.3 is 15.5 Å². The Hall–Kier alpha value is -0.700. The maximum atomic E-state index is 12.2. The molecule has 0 aliphatic heterocycles. The number of fused-ring (bicyclic) bond motifs is 5. The number of rotatable bonds is 7. The number of hydrogen-bond acceptors (Lipinski definition) is 5. The van der Waals surface area contributed by atoms with Gasteiger partial charge in [-0.15, -0.1) is 0 Å². The summed E-state index contributed by atoms with van der Waals surface area (Å²) in [5.74, 6) is 2.10. The lowest BCUT2D eigenvalue weighted by Gasteiger charge is -2.62. The van der Waals surface area contributed by atoms with Crippen molar-refractivity contribution in [3.8, 4) is 0 Å². The van der Waals surface area contributed by atoms with Crippen LogP contribution in [-0.2, 0) is 14.9 Å². The lowest BCUT2D eigenvalue weighted by atomic mass is 9.43. The third-order valence-corrected chi connectivity index (χ3v) is 11.6. The van der Waals surface area contributed by atoms with Crippen LogP contribution in [-0.4, -0.2) is 53.6 Å². The van der Waals surface area contributed by atoms with Gasteiger partial charge in [0, 0.05) is 13.0 Å². The molecule has 0 radical (unpaired) electrons. The first-order chi connectivity index (χ1) is 15.8. The molecule has 1 amide bonds. The Morgan fingerprint density at radius 3 is 2.41 bits per heavy atom. The number of aliphatic hydroxyl groups is 2. The molecule has 4 aliphatic rings. The summed E-state index contributed by atoms with van der Waals surface area (Å²) in [6.45, 7) is 7.05. The molecule has 0 aromatic carbocycles. The van der Waals surface area contributed by atoms with Crippen molar-refractivity contribution in [3.05, 3.63) is 0 Å². The third-order valence-electron chi connectivity index (χ3n) is 10.9. The zero-order valence-corrected chi connectivity index (χ0v) is 21.9. The molecule has 0 heterocycles. The fourth-order valence-corrected chi connectivity index (χ4v) is 9.50. The summed E-state index contributed by atoms with van der Waals surface area (Å²) in [5.41, 5.74) is 0.411. The molecule has 4 rings (SSSR count). The summed E-state index contributed by atoms with van der Waals surface area (Å²) >= 11 is 0. The molecule has 4 saturated carbocycles. The van der Waals surface area contributed by atoms with E-state index in [9.17, 15) is 23.4 Å². The van der Waals surface area contributed by atoms with Crippen molar-refractivity contribution < 1.29 is 28.0 Å². The Morgan fingerprint density at radius 1 is 1.03 bits per heavy atom. The Morgan fingerprint density at radius 2 is 1.71 bits per heavy atom. The van der Waals surface area contributed by atoms with E-state index in [4.69, 9.17) is 4.55 Å². The van der Waals surface area contributed by atoms with E-state index >= 15 is 0 Å². The van der Waals surface area contributed by atoms with Crippen LogP contribution in [0.3, 0.4) is 0 Å². The van der Waals surface area contributed by atoms with E-state index in [0.29, 0.717) is 41.9 Å². The fourth-order valence-electron chi connectivity index (χ4n) is 9.14. The Bertz CT molecular complexity index is 863. The van der Waals surface area contributed by atoms with Crippen molar-refractivity contribution in [2.75, 3.05) is 12.3 Å². The van der Waals surface area contributed by atoms with Crippen LogP contribution < -0.4 is 5.32 Å². The molecule has 4 aliphatic carbocycles. The number of carbonyl (C=O) groups is 1. The van der Waals surface area contributed by atoms with Crippen molar-refractivity contribution >= 4 is 16.0 Å². The van der Waals surface area contributed by atoms with Crippen LogP contribution in [0.4, 0.5) is 0 Å². The summed E-state index contributed by atoms with van der Waals surface area (Å²) in [5, 5.41) is 24.2. The minimum Gasteiger partial charge on any atom is -0.393 e. The van der Waals surface area contributed by atoms with Gasteiger partial charge in [0.1, 0.15) is 0 Å². The van der Waals surface area contributed by atoms with Crippen molar-refractivity contribution in [3.63, 3.8) is 0 Å². The minimum atomic E-state index is -4.06. The maximum Gasteiger partial charge on any atom is 0.266 e. The van der Waals surface area contributed by atoms with Crippen molar-refractivity contribution in [2.45, 2.75) is 97.2 Å². The highest BCUT2D eigenvalue weighted by Gasteiger charge is 2.62. The lowest BCUT2D eigenvalue weighted by Crippen LogP contribution is -2.58.